The van der Waals surface area contributed by atoms with E-state index in [-0.39, 0.29) is 11.8 Å². The number of benzene rings is 1. The molecule has 6 rings (SSSR count). The molecule has 2 aromatic rings. The second-order valence-corrected chi connectivity index (χ2v) is 10.4. The van der Waals surface area contributed by atoms with E-state index in [2.05, 4.69) is 43.1 Å². The summed E-state index contributed by atoms with van der Waals surface area (Å²) < 4.78 is 5.35. The minimum atomic E-state index is -0.0352. The SMILES string of the molecule is CN1CCN(C(=O)Cc2cccc(N3C=C(Nc4ccc(C(=O)N5CCOCC5)cn4)C4=NC=C[N+]4C3)c2)CC1. The highest BCUT2D eigenvalue weighted by atomic mass is 16.5. The van der Waals surface area contributed by atoms with Gasteiger partial charge in [-0.2, -0.15) is 4.99 Å². The molecule has 2 amide bonds. The molecule has 2 saturated heterocycles. The Bertz CT molecular complexity index is 1340. The molecule has 1 N–H and O–H groups in total. The fourth-order valence-corrected chi connectivity index (χ4v) is 5.20. The average molecular weight is 543 g/mol. The van der Waals surface area contributed by atoms with Gasteiger partial charge in [-0.25, -0.2) is 4.98 Å². The van der Waals surface area contributed by atoms with Crippen molar-refractivity contribution in [2.45, 2.75) is 6.42 Å². The Balaban J connectivity index is 1.16. The van der Waals surface area contributed by atoms with E-state index in [1.165, 1.54) is 0 Å². The van der Waals surface area contributed by atoms with Crippen molar-refractivity contribution in [2.75, 3.05) is 76.4 Å². The largest absolute Gasteiger partial charge is 0.378 e. The molecule has 11 heteroatoms. The number of hydrogen-bond donors (Lipinski definition) is 1. The first-order valence-electron chi connectivity index (χ1n) is 13.7. The highest BCUT2D eigenvalue weighted by Gasteiger charge is 2.36. The molecule has 11 nitrogen and oxygen atoms in total. The van der Waals surface area contributed by atoms with Crippen LogP contribution in [0.5, 0.6) is 0 Å². The summed E-state index contributed by atoms with van der Waals surface area (Å²) in [6.07, 6.45) is 7.72. The number of morpholine rings is 1. The monoisotopic (exact) mass is 542 g/mol. The molecular weight excluding hydrogens is 508 g/mol. The van der Waals surface area contributed by atoms with Gasteiger partial charge in [0.25, 0.3) is 5.91 Å². The van der Waals surface area contributed by atoms with Gasteiger partial charge < -0.3 is 24.8 Å². The third-order valence-electron chi connectivity index (χ3n) is 7.57. The number of fused-ring (bicyclic) bond motifs is 1. The van der Waals surface area contributed by atoms with Gasteiger partial charge in [-0.15, -0.1) is 0 Å². The third kappa shape index (κ3) is 5.76. The van der Waals surface area contributed by atoms with Crippen LogP contribution in [0, 0.1) is 0 Å². The Hall–Kier alpha value is -4.06. The molecule has 2 fully saturated rings. The molecule has 0 atom stereocenters. The van der Waals surface area contributed by atoms with Crippen LogP contribution in [0.15, 0.2) is 71.9 Å². The molecule has 0 saturated carbocycles. The number of amides is 2. The van der Waals surface area contributed by atoms with Gasteiger partial charge in [-0.1, -0.05) is 17.0 Å². The topological polar surface area (TPSA) is 99.5 Å². The molecule has 5 heterocycles. The highest BCUT2D eigenvalue weighted by Crippen LogP contribution is 2.25. The Morgan fingerprint density at radius 1 is 1.02 bits per heavy atom. The Kier molecular flexibility index (Phi) is 7.58. The van der Waals surface area contributed by atoms with Gasteiger partial charge >= 0.3 is 5.84 Å². The van der Waals surface area contributed by atoms with Crippen molar-refractivity contribution in [3.63, 3.8) is 0 Å². The van der Waals surface area contributed by atoms with Gasteiger partial charge in [0, 0.05) is 57.4 Å². The Morgan fingerprint density at radius 3 is 2.62 bits per heavy atom. The average Bonchev–Trinajstić information content (AvgIpc) is 3.47. The van der Waals surface area contributed by atoms with Crippen LogP contribution in [0.25, 0.3) is 0 Å². The summed E-state index contributed by atoms with van der Waals surface area (Å²) in [4.78, 5) is 44.9. The second kappa shape index (κ2) is 11.6. The molecule has 0 spiro atoms. The predicted molar refractivity (Wildman–Crippen MR) is 153 cm³/mol. The van der Waals surface area contributed by atoms with Crippen LogP contribution in [-0.2, 0) is 16.0 Å². The standard InChI is InChI=1S/C29H34N8O3/c1-33-9-11-34(12-10-33)27(38)18-22-3-2-4-24(17-22)37-20-25(28-30-7-8-36(28)21-37)32-26-6-5-23(19-31-26)29(39)35-13-15-40-16-14-35/h2-8,17,19-20H,9-16,18,21H2,1H3,(H,31,32)/q+1. The van der Waals surface area contributed by atoms with Gasteiger partial charge in [-0.05, 0) is 36.9 Å². The van der Waals surface area contributed by atoms with Crippen LogP contribution in [0.4, 0.5) is 11.5 Å². The van der Waals surface area contributed by atoms with Crippen molar-refractivity contribution < 1.29 is 14.3 Å². The lowest BCUT2D eigenvalue weighted by Crippen LogP contribution is -2.47. The molecule has 1 aromatic heterocycles. The van der Waals surface area contributed by atoms with E-state index in [1.54, 1.807) is 23.4 Å². The molecule has 1 aromatic carbocycles. The number of nitrogens with one attached hydrogen (secondary N) is 1. The first-order chi connectivity index (χ1) is 19.5. The van der Waals surface area contributed by atoms with E-state index < -0.39 is 0 Å². The first kappa shape index (κ1) is 26.2. The molecule has 0 bridgehead atoms. The Morgan fingerprint density at radius 2 is 1.85 bits per heavy atom. The normalized spacial score (nSPS) is 19.8. The van der Waals surface area contributed by atoms with E-state index in [4.69, 9.17) is 4.74 Å². The summed E-state index contributed by atoms with van der Waals surface area (Å²) in [5.41, 5.74) is 3.32. The summed E-state index contributed by atoms with van der Waals surface area (Å²) in [6, 6.07) is 11.7. The maximum absolute atomic E-state index is 12.9. The van der Waals surface area contributed by atoms with Crippen LogP contribution in [0.1, 0.15) is 15.9 Å². The summed E-state index contributed by atoms with van der Waals surface area (Å²) in [7, 11) is 2.09. The number of hydrogen-bond acceptors (Lipinski definition) is 9. The van der Waals surface area contributed by atoms with E-state index >= 15 is 0 Å². The molecule has 4 aliphatic heterocycles. The smallest absolute Gasteiger partial charge is 0.308 e. The van der Waals surface area contributed by atoms with E-state index in [0.29, 0.717) is 50.8 Å². The van der Waals surface area contributed by atoms with Crippen LogP contribution >= 0.6 is 0 Å². The summed E-state index contributed by atoms with van der Waals surface area (Å²) in [5.74, 6) is 1.55. The lowest BCUT2D eigenvalue weighted by molar-refractivity contribution is -0.132. The number of pyridine rings is 1. The summed E-state index contributed by atoms with van der Waals surface area (Å²) in [6.45, 7) is 6.28. The molecule has 1 radical (unpaired) electrons. The van der Waals surface area contributed by atoms with E-state index in [9.17, 15) is 9.59 Å². The lowest BCUT2D eigenvalue weighted by atomic mass is 10.1. The zero-order valence-corrected chi connectivity index (χ0v) is 22.7. The number of carbonyl (C=O) groups excluding carboxylic acids is 2. The number of anilines is 2. The van der Waals surface area contributed by atoms with Gasteiger partial charge in [0.15, 0.2) is 6.20 Å². The minimum Gasteiger partial charge on any atom is -0.378 e. The van der Waals surface area contributed by atoms with Crippen molar-refractivity contribution in [2.24, 2.45) is 4.99 Å². The van der Waals surface area contributed by atoms with Crippen LogP contribution in [0.3, 0.4) is 0 Å². The van der Waals surface area contributed by atoms with E-state index in [1.807, 2.05) is 41.6 Å². The predicted octanol–water partition coefficient (Wildman–Crippen LogP) is 1.62. The number of carbonyl (C=O) groups is 2. The number of aromatic nitrogens is 1. The highest BCUT2D eigenvalue weighted by molar-refractivity contribution is 6.06. The minimum absolute atomic E-state index is 0.0352. The van der Waals surface area contributed by atoms with Crippen molar-refractivity contribution in [3.8, 4) is 0 Å². The van der Waals surface area contributed by atoms with Crippen LogP contribution in [0.2, 0.25) is 0 Å². The van der Waals surface area contributed by atoms with Crippen LogP contribution < -0.4 is 15.1 Å². The Labute approximate surface area is 234 Å². The number of rotatable bonds is 6. The first-order valence-corrected chi connectivity index (χ1v) is 13.7. The third-order valence-corrected chi connectivity index (χ3v) is 7.57. The molecular formula is C29H34N8O3+. The van der Waals surface area contributed by atoms with Crippen molar-refractivity contribution >= 4 is 29.2 Å². The summed E-state index contributed by atoms with van der Waals surface area (Å²) in [5, 5.41) is 3.38. The van der Waals surface area contributed by atoms with Crippen molar-refractivity contribution in [1.82, 2.24) is 24.6 Å². The number of nitrogens with zero attached hydrogens (tertiary/aromatic N) is 7. The number of aliphatic imine (C=N–C) groups is 1. The van der Waals surface area contributed by atoms with Crippen molar-refractivity contribution in [3.05, 3.63) is 78.0 Å². The summed E-state index contributed by atoms with van der Waals surface area (Å²) >= 11 is 0. The fraction of sp³-hybridized carbons (Fsp3) is 0.379. The fourth-order valence-electron chi connectivity index (χ4n) is 5.20. The van der Waals surface area contributed by atoms with E-state index in [0.717, 1.165) is 49.0 Å². The van der Waals surface area contributed by atoms with Gasteiger partial charge in [0.1, 0.15) is 11.5 Å². The second-order valence-electron chi connectivity index (χ2n) is 10.4. The lowest BCUT2D eigenvalue weighted by Gasteiger charge is -2.32. The molecule has 4 aliphatic rings. The number of amidine groups is 1. The van der Waals surface area contributed by atoms with Crippen molar-refractivity contribution in [1.29, 1.82) is 0 Å². The van der Waals surface area contributed by atoms with Gasteiger partial charge in [-0.3, -0.25) is 14.5 Å². The quantitative estimate of drug-likeness (QED) is 0.554. The molecule has 40 heavy (non-hydrogen) atoms. The maximum Gasteiger partial charge on any atom is 0.308 e. The maximum atomic E-state index is 12.9. The molecule has 0 unspecified atom stereocenters. The number of piperazine rings is 1. The van der Waals surface area contributed by atoms with Crippen LogP contribution in [-0.4, -0.2) is 104 Å². The molecule has 207 valence electrons. The van der Waals surface area contributed by atoms with Gasteiger partial charge in [0.2, 0.25) is 12.6 Å². The van der Waals surface area contributed by atoms with Gasteiger partial charge in [0.05, 0.1) is 31.4 Å². The number of ether oxygens (including phenoxy) is 1. The molecule has 0 aliphatic carbocycles. The zero-order chi connectivity index (χ0) is 27.5. The number of likely N-dealkylation sites (N-methyl/N-ethyl adjacent to an activating group) is 1. The zero-order valence-electron chi connectivity index (χ0n) is 22.7.